The van der Waals surface area contributed by atoms with E-state index in [-0.39, 0.29) is 12.1 Å². The second kappa shape index (κ2) is 6.04. The normalized spacial score (nSPS) is 14.6. The summed E-state index contributed by atoms with van der Waals surface area (Å²) in [5, 5.41) is 0. The average Bonchev–Trinajstić information content (AvgIpc) is 2.84. The molecule has 0 aliphatic heterocycles. The molecule has 1 aromatic heterocycles. The van der Waals surface area contributed by atoms with Crippen LogP contribution in [0.15, 0.2) is 47.3 Å². The van der Waals surface area contributed by atoms with Gasteiger partial charge in [0.1, 0.15) is 0 Å². The Labute approximate surface area is 115 Å². The fraction of sp³-hybridized carbons (Fsp3) is 0.375. The molecule has 1 heterocycles. The van der Waals surface area contributed by atoms with Crippen LogP contribution in [0.2, 0.25) is 0 Å². The van der Waals surface area contributed by atoms with E-state index in [1.54, 1.807) is 12.5 Å². The molecule has 0 radical (unpaired) electrons. The minimum atomic E-state index is 0.0676. The number of benzene rings is 1. The average molecular weight is 258 g/mol. The van der Waals surface area contributed by atoms with E-state index in [1.165, 1.54) is 16.7 Å². The first-order chi connectivity index (χ1) is 9.09. The van der Waals surface area contributed by atoms with Crippen LogP contribution in [0.4, 0.5) is 0 Å². The van der Waals surface area contributed by atoms with E-state index in [4.69, 9.17) is 10.2 Å². The van der Waals surface area contributed by atoms with Gasteiger partial charge in [-0.15, -0.1) is 0 Å². The summed E-state index contributed by atoms with van der Waals surface area (Å²) in [4.78, 5) is 2.28. The molecule has 0 bridgehead atoms. The van der Waals surface area contributed by atoms with Crippen molar-refractivity contribution in [1.29, 1.82) is 0 Å². The summed E-state index contributed by atoms with van der Waals surface area (Å²) >= 11 is 0. The van der Waals surface area contributed by atoms with Crippen molar-refractivity contribution < 1.29 is 4.42 Å². The first-order valence-corrected chi connectivity index (χ1v) is 6.62. The van der Waals surface area contributed by atoms with Crippen molar-refractivity contribution >= 4 is 0 Å². The van der Waals surface area contributed by atoms with Crippen LogP contribution in [0.25, 0.3) is 0 Å². The quantitative estimate of drug-likeness (QED) is 0.896. The van der Waals surface area contributed by atoms with E-state index in [0.29, 0.717) is 0 Å². The molecule has 0 aliphatic rings. The molecular weight excluding hydrogens is 236 g/mol. The standard InChI is InChI=1S/C16H22N2O/c1-12-6-4-5-7-15(12)16(13(2)17)18(3)10-14-8-9-19-11-14/h4-9,11,13,16H,10,17H2,1-3H3. The Bertz CT molecular complexity index is 505. The number of likely N-dealkylation sites (N-methyl/N-ethyl adjacent to an activating group) is 1. The fourth-order valence-corrected chi connectivity index (χ4v) is 2.61. The van der Waals surface area contributed by atoms with Crippen LogP contribution in [0, 0.1) is 6.92 Å². The van der Waals surface area contributed by atoms with Gasteiger partial charge in [-0.3, -0.25) is 4.90 Å². The van der Waals surface area contributed by atoms with E-state index in [9.17, 15) is 0 Å². The first-order valence-electron chi connectivity index (χ1n) is 6.62. The van der Waals surface area contributed by atoms with Gasteiger partial charge in [0.15, 0.2) is 0 Å². The predicted molar refractivity (Wildman–Crippen MR) is 77.7 cm³/mol. The molecule has 3 nitrogen and oxygen atoms in total. The molecule has 2 atom stereocenters. The van der Waals surface area contributed by atoms with Gasteiger partial charge < -0.3 is 10.2 Å². The molecule has 2 aromatic rings. The zero-order valence-corrected chi connectivity index (χ0v) is 11.8. The van der Waals surface area contributed by atoms with E-state index in [2.05, 4.69) is 50.1 Å². The van der Waals surface area contributed by atoms with Crippen molar-refractivity contribution in [3.63, 3.8) is 0 Å². The highest BCUT2D eigenvalue weighted by Gasteiger charge is 2.22. The van der Waals surface area contributed by atoms with Gasteiger partial charge in [-0.05, 0) is 38.1 Å². The summed E-state index contributed by atoms with van der Waals surface area (Å²) in [7, 11) is 2.10. The molecule has 3 heteroatoms. The molecule has 0 aliphatic carbocycles. The summed E-state index contributed by atoms with van der Waals surface area (Å²) in [5.74, 6) is 0. The molecule has 102 valence electrons. The van der Waals surface area contributed by atoms with Crippen molar-refractivity contribution in [3.8, 4) is 0 Å². The Morgan fingerprint density at radius 1 is 1.26 bits per heavy atom. The lowest BCUT2D eigenvalue weighted by Gasteiger charge is -2.32. The van der Waals surface area contributed by atoms with Crippen molar-refractivity contribution in [2.45, 2.75) is 32.5 Å². The zero-order valence-electron chi connectivity index (χ0n) is 11.8. The Kier molecular flexibility index (Phi) is 4.40. The molecule has 0 saturated heterocycles. The van der Waals surface area contributed by atoms with Gasteiger partial charge in [-0.2, -0.15) is 0 Å². The molecule has 0 spiro atoms. The maximum absolute atomic E-state index is 6.20. The number of rotatable bonds is 5. The Hall–Kier alpha value is -1.58. The molecule has 2 rings (SSSR count). The monoisotopic (exact) mass is 258 g/mol. The topological polar surface area (TPSA) is 42.4 Å². The molecular formula is C16H22N2O. The van der Waals surface area contributed by atoms with Gasteiger partial charge in [-0.25, -0.2) is 0 Å². The number of nitrogens with two attached hydrogens (primary N) is 1. The highest BCUT2D eigenvalue weighted by molar-refractivity contribution is 5.30. The van der Waals surface area contributed by atoms with E-state index in [1.807, 2.05) is 6.07 Å². The van der Waals surface area contributed by atoms with Crippen LogP contribution < -0.4 is 5.73 Å². The number of furan rings is 1. The predicted octanol–water partition coefficient (Wildman–Crippen LogP) is 3.11. The molecule has 0 amide bonds. The summed E-state index contributed by atoms with van der Waals surface area (Å²) in [6.07, 6.45) is 3.49. The van der Waals surface area contributed by atoms with Crippen LogP contribution >= 0.6 is 0 Å². The zero-order chi connectivity index (χ0) is 13.8. The van der Waals surface area contributed by atoms with Gasteiger partial charge in [-0.1, -0.05) is 24.3 Å². The van der Waals surface area contributed by atoms with E-state index >= 15 is 0 Å². The lowest BCUT2D eigenvalue weighted by molar-refractivity contribution is 0.210. The van der Waals surface area contributed by atoms with Crippen LogP contribution in [-0.2, 0) is 6.54 Å². The Balaban J connectivity index is 2.23. The minimum Gasteiger partial charge on any atom is -0.472 e. The second-order valence-electron chi connectivity index (χ2n) is 5.21. The molecule has 0 fully saturated rings. The maximum atomic E-state index is 6.20. The van der Waals surface area contributed by atoms with Crippen LogP contribution in [-0.4, -0.2) is 18.0 Å². The molecule has 19 heavy (non-hydrogen) atoms. The number of hydrogen-bond acceptors (Lipinski definition) is 3. The van der Waals surface area contributed by atoms with Crippen LogP contribution in [0.3, 0.4) is 0 Å². The van der Waals surface area contributed by atoms with E-state index < -0.39 is 0 Å². The number of hydrogen-bond donors (Lipinski definition) is 1. The lowest BCUT2D eigenvalue weighted by atomic mass is 9.95. The lowest BCUT2D eigenvalue weighted by Crippen LogP contribution is -2.37. The Morgan fingerprint density at radius 3 is 2.58 bits per heavy atom. The first kappa shape index (κ1) is 13.8. The second-order valence-corrected chi connectivity index (χ2v) is 5.21. The smallest absolute Gasteiger partial charge is 0.0947 e. The van der Waals surface area contributed by atoms with Gasteiger partial charge in [0.25, 0.3) is 0 Å². The van der Waals surface area contributed by atoms with E-state index in [0.717, 1.165) is 6.54 Å². The maximum Gasteiger partial charge on any atom is 0.0947 e. The third kappa shape index (κ3) is 3.25. The SMILES string of the molecule is Cc1ccccc1C(C(C)N)N(C)Cc1ccoc1. The van der Waals surface area contributed by atoms with Crippen LogP contribution in [0.1, 0.15) is 29.7 Å². The van der Waals surface area contributed by atoms with Gasteiger partial charge in [0.05, 0.1) is 12.5 Å². The Morgan fingerprint density at radius 2 is 2.00 bits per heavy atom. The van der Waals surface area contributed by atoms with Gasteiger partial charge in [0, 0.05) is 24.2 Å². The minimum absolute atomic E-state index is 0.0676. The summed E-state index contributed by atoms with van der Waals surface area (Å²) in [5.41, 5.74) is 9.95. The molecule has 1 aromatic carbocycles. The van der Waals surface area contributed by atoms with Gasteiger partial charge in [0.2, 0.25) is 0 Å². The number of nitrogens with zero attached hydrogens (tertiary/aromatic N) is 1. The van der Waals surface area contributed by atoms with Crippen molar-refractivity contribution in [2.24, 2.45) is 5.73 Å². The number of aryl methyl sites for hydroxylation is 1. The van der Waals surface area contributed by atoms with Crippen LogP contribution in [0.5, 0.6) is 0 Å². The summed E-state index contributed by atoms with van der Waals surface area (Å²) in [6.45, 7) is 5.02. The highest BCUT2D eigenvalue weighted by atomic mass is 16.3. The van der Waals surface area contributed by atoms with Crippen molar-refractivity contribution in [2.75, 3.05) is 7.05 Å². The highest BCUT2D eigenvalue weighted by Crippen LogP contribution is 2.26. The summed E-state index contributed by atoms with van der Waals surface area (Å²) in [6, 6.07) is 10.7. The van der Waals surface area contributed by atoms with Crippen molar-refractivity contribution in [1.82, 2.24) is 4.90 Å². The third-order valence-electron chi connectivity index (χ3n) is 3.49. The molecule has 0 saturated carbocycles. The molecule has 2 unspecified atom stereocenters. The summed E-state index contributed by atoms with van der Waals surface area (Å²) < 4.78 is 5.13. The third-order valence-corrected chi connectivity index (χ3v) is 3.49. The largest absolute Gasteiger partial charge is 0.472 e. The van der Waals surface area contributed by atoms with Crippen molar-refractivity contribution in [3.05, 3.63) is 59.5 Å². The fourth-order valence-electron chi connectivity index (χ4n) is 2.61. The van der Waals surface area contributed by atoms with Gasteiger partial charge >= 0.3 is 0 Å². The molecule has 2 N–H and O–H groups in total.